The maximum absolute atomic E-state index is 15.0. The molecule has 5 rings (SSSR count). The highest BCUT2D eigenvalue weighted by Gasteiger charge is 2.77. The lowest BCUT2D eigenvalue weighted by Gasteiger charge is -2.37. The van der Waals surface area contributed by atoms with Gasteiger partial charge in [0.2, 0.25) is 11.8 Å². The summed E-state index contributed by atoms with van der Waals surface area (Å²) in [7, 11) is 1.51. The van der Waals surface area contributed by atoms with Crippen molar-refractivity contribution in [3.05, 3.63) is 90.5 Å². The number of anilines is 1. The smallest absolute Gasteiger partial charge is 0.313 e. The number of rotatable bonds is 19. The molecule has 3 aliphatic heterocycles. The Balaban J connectivity index is 1.53. The van der Waals surface area contributed by atoms with Gasteiger partial charge in [-0.05, 0) is 68.7 Å². The largest absolute Gasteiger partial charge is 0.455 e. The zero-order valence-electron chi connectivity index (χ0n) is 30.9. The predicted molar refractivity (Wildman–Crippen MR) is 205 cm³/mol. The highest BCUT2D eigenvalue weighted by atomic mass is 79.9. The third kappa shape index (κ3) is 8.30. The Bertz CT molecular complexity index is 1650. The lowest BCUT2D eigenvalue weighted by Crippen LogP contribution is -2.57. The van der Waals surface area contributed by atoms with Crippen LogP contribution in [0.4, 0.5) is 5.69 Å². The highest BCUT2D eigenvalue weighted by molar-refractivity contribution is 9.09. The van der Waals surface area contributed by atoms with Crippen molar-refractivity contribution in [1.29, 1.82) is 0 Å². The summed E-state index contributed by atoms with van der Waals surface area (Å²) >= 11 is 3.76. The van der Waals surface area contributed by atoms with E-state index in [1.54, 1.807) is 22.0 Å². The van der Waals surface area contributed by atoms with Crippen LogP contribution in [0.3, 0.4) is 0 Å². The number of unbranched alkanes of at least 4 members (excludes halogenated alkanes) is 2. The van der Waals surface area contributed by atoms with Gasteiger partial charge in [-0.2, -0.15) is 0 Å². The first-order valence-electron chi connectivity index (χ1n) is 18.4. The van der Waals surface area contributed by atoms with Gasteiger partial charge in [-0.15, -0.1) is 13.2 Å². The molecule has 0 radical (unpaired) electrons. The molecule has 2 aromatic rings. The first-order valence-corrected chi connectivity index (χ1v) is 19.3. The number of likely N-dealkylation sites (tertiary alicyclic amines) is 1. The van der Waals surface area contributed by atoms with E-state index >= 15 is 4.79 Å². The number of carbonyl (C=O) groups excluding carboxylic acids is 4. The summed E-state index contributed by atoms with van der Waals surface area (Å²) in [6.07, 6.45) is 4.42. The molecule has 2 bridgehead atoms. The zero-order valence-corrected chi connectivity index (χ0v) is 32.5. The van der Waals surface area contributed by atoms with E-state index in [2.05, 4.69) is 34.4 Å². The van der Waals surface area contributed by atoms with Crippen molar-refractivity contribution in [3.63, 3.8) is 0 Å². The number of nitrogens with zero attached hydrogens (tertiary/aromatic N) is 2. The van der Waals surface area contributed by atoms with Crippen molar-refractivity contribution >= 4 is 45.3 Å². The number of halogens is 1. The Morgan fingerprint density at radius 3 is 2.57 bits per heavy atom. The van der Waals surface area contributed by atoms with Gasteiger partial charge < -0.3 is 34.4 Å². The van der Waals surface area contributed by atoms with E-state index in [0.29, 0.717) is 43.4 Å². The molecule has 1 unspecified atom stereocenters. The third-order valence-corrected chi connectivity index (χ3v) is 11.4. The second-order valence-electron chi connectivity index (χ2n) is 14.2. The number of hydrogen-bond acceptors (Lipinski definition) is 8. The molecular formula is C41H52BrN3O8. The number of ether oxygens (including phenoxy) is 3. The summed E-state index contributed by atoms with van der Waals surface area (Å²) in [5.74, 6) is -3.56. The van der Waals surface area contributed by atoms with Gasteiger partial charge in [-0.3, -0.25) is 19.2 Å². The van der Waals surface area contributed by atoms with Crippen LogP contribution in [0.1, 0.15) is 61.3 Å². The van der Waals surface area contributed by atoms with E-state index in [4.69, 9.17) is 14.2 Å². The molecule has 11 nitrogen and oxygen atoms in total. The number of alkyl halides is 1. The summed E-state index contributed by atoms with van der Waals surface area (Å²) in [5.41, 5.74) is 1.92. The number of aryl methyl sites for hydroxylation is 2. The van der Waals surface area contributed by atoms with Crippen molar-refractivity contribution in [2.45, 2.75) is 87.1 Å². The number of carbonyl (C=O) groups is 4. The number of allylic oxidation sites excluding steroid dienone is 1. The molecule has 8 atom stereocenters. The van der Waals surface area contributed by atoms with E-state index in [1.807, 2.05) is 62.4 Å². The van der Waals surface area contributed by atoms with E-state index < -0.39 is 47.7 Å². The molecule has 0 saturated carbocycles. The van der Waals surface area contributed by atoms with Crippen LogP contribution in [-0.4, -0.2) is 95.7 Å². The fourth-order valence-corrected chi connectivity index (χ4v) is 9.15. The van der Waals surface area contributed by atoms with E-state index in [-0.39, 0.29) is 55.3 Å². The number of benzene rings is 2. The van der Waals surface area contributed by atoms with E-state index in [0.717, 1.165) is 11.1 Å². The maximum Gasteiger partial charge on any atom is 0.313 e. The molecule has 3 saturated heterocycles. The molecule has 12 heteroatoms. The molecular weight excluding hydrogens is 742 g/mol. The normalized spacial score (nSPS) is 25.4. The number of aliphatic hydroxyl groups is 1. The van der Waals surface area contributed by atoms with Crippen molar-refractivity contribution in [2.24, 2.45) is 11.8 Å². The average molecular weight is 795 g/mol. The minimum absolute atomic E-state index is 0.0218. The number of hydrogen-bond donors (Lipinski definition) is 2. The second-order valence-corrected chi connectivity index (χ2v) is 15.4. The first-order chi connectivity index (χ1) is 25.5. The van der Waals surface area contributed by atoms with Gasteiger partial charge in [-0.25, -0.2) is 0 Å². The van der Waals surface area contributed by atoms with Crippen molar-refractivity contribution in [3.8, 4) is 0 Å². The minimum Gasteiger partial charge on any atom is -0.455 e. The van der Waals surface area contributed by atoms with Gasteiger partial charge in [0.25, 0.3) is 5.91 Å². The fourth-order valence-electron chi connectivity index (χ4n) is 8.21. The average Bonchev–Trinajstić information content (AvgIpc) is 3.74. The second kappa shape index (κ2) is 18.0. The molecule has 0 aliphatic carbocycles. The quantitative estimate of drug-likeness (QED) is 0.0868. The van der Waals surface area contributed by atoms with E-state index in [9.17, 15) is 19.5 Å². The lowest BCUT2D eigenvalue weighted by molar-refractivity contribution is -0.163. The Morgan fingerprint density at radius 1 is 1.13 bits per heavy atom. The zero-order chi connectivity index (χ0) is 38.3. The number of esters is 1. The fraction of sp³-hybridized carbons (Fsp3) is 0.512. The first kappa shape index (κ1) is 40.3. The van der Waals surface area contributed by atoms with Crippen molar-refractivity contribution in [1.82, 2.24) is 10.2 Å². The van der Waals surface area contributed by atoms with Gasteiger partial charge in [0.1, 0.15) is 17.7 Å². The number of methoxy groups -OCH3 is 1. The number of amides is 3. The SMILES string of the molecule is C=CCCC(=O)N[C@@H](COC)[C@@H](OC(=O)[C@H]1[C@@H]2O[C@@]3(CC2Br)[C@@H]1C(=O)N(CCCCCO)[C@@H]3C(=O)N(CC=C)c1cc(C)ccc1C)c1ccccc1. The van der Waals surface area contributed by atoms with E-state index in [1.165, 1.54) is 7.11 Å². The number of fused-ring (bicyclic) bond motifs is 1. The van der Waals surface area contributed by atoms with Gasteiger partial charge >= 0.3 is 5.97 Å². The Labute approximate surface area is 320 Å². The van der Waals surface area contributed by atoms with Crippen LogP contribution in [0.5, 0.6) is 0 Å². The molecule has 53 heavy (non-hydrogen) atoms. The molecule has 3 heterocycles. The molecule has 3 aliphatic rings. The summed E-state index contributed by atoms with van der Waals surface area (Å²) in [6, 6.07) is 13.2. The van der Waals surface area contributed by atoms with Crippen molar-refractivity contribution < 1.29 is 38.5 Å². The van der Waals surface area contributed by atoms with Gasteiger partial charge in [0.15, 0.2) is 0 Å². The molecule has 2 N–H and O–H groups in total. The Kier molecular flexibility index (Phi) is 13.7. The molecule has 3 fully saturated rings. The van der Waals surface area contributed by atoms with Crippen LogP contribution < -0.4 is 10.2 Å². The summed E-state index contributed by atoms with van der Waals surface area (Å²) in [4.78, 5) is 60.2. The Hall–Kier alpha value is -3.84. The highest BCUT2D eigenvalue weighted by Crippen LogP contribution is 2.60. The van der Waals surface area contributed by atoms with Crippen LogP contribution in [0, 0.1) is 25.7 Å². The van der Waals surface area contributed by atoms with Crippen LogP contribution in [0.2, 0.25) is 0 Å². The predicted octanol–water partition coefficient (Wildman–Crippen LogP) is 5.11. The molecule has 3 amide bonds. The summed E-state index contributed by atoms with van der Waals surface area (Å²) < 4.78 is 18.6. The van der Waals surface area contributed by atoms with Gasteiger partial charge in [0.05, 0.1) is 30.6 Å². The van der Waals surface area contributed by atoms with Crippen LogP contribution in [0.25, 0.3) is 0 Å². The lowest BCUT2D eigenvalue weighted by atomic mass is 9.70. The van der Waals surface area contributed by atoms with Crippen molar-refractivity contribution in [2.75, 3.05) is 38.3 Å². The Morgan fingerprint density at radius 2 is 1.89 bits per heavy atom. The molecule has 286 valence electrons. The van der Waals surface area contributed by atoms with Gasteiger partial charge in [-0.1, -0.05) is 70.5 Å². The standard InChI is InChI=1S/C41H52BrN3O8/c1-6-8-17-32(47)43-30(25-51-5)35(28-15-11-9-12-16-28)52-40(50)33-34-38(48)45(21-13-10-14-22-46)37(41(34)24-29(42)36(33)53-41)39(49)44(20-7-2)31-23-26(3)18-19-27(31)4/h6-7,9,11-12,15-16,18-19,23,29-30,33-37,46H,1-2,8,10,13-14,17,20-22,24-25H2,3-5H3,(H,43,47)/t29?,30-,33+,34-,35-,36+,37+,41-/m0/s1. The van der Waals surface area contributed by atoms with Crippen LogP contribution in [-0.2, 0) is 33.4 Å². The monoisotopic (exact) mass is 793 g/mol. The number of nitrogens with one attached hydrogen (secondary N) is 1. The third-order valence-electron chi connectivity index (χ3n) is 10.6. The number of aliphatic hydroxyl groups excluding tert-OH is 1. The summed E-state index contributed by atoms with van der Waals surface area (Å²) in [6.45, 7) is 12.1. The summed E-state index contributed by atoms with van der Waals surface area (Å²) in [5, 5.41) is 12.4. The van der Waals surface area contributed by atoms with Crippen LogP contribution in [0.15, 0.2) is 73.8 Å². The molecule has 2 aromatic carbocycles. The molecule has 0 aromatic heterocycles. The van der Waals surface area contributed by atoms with Gasteiger partial charge in [0, 0.05) is 43.7 Å². The van der Waals surface area contributed by atoms with Crippen LogP contribution >= 0.6 is 15.9 Å². The minimum atomic E-state index is -1.31. The maximum atomic E-state index is 15.0. The topological polar surface area (TPSA) is 135 Å². The molecule has 1 spiro atoms.